The molecule has 2 aliphatic heterocycles. The molecule has 1 atom stereocenters. The van der Waals surface area contributed by atoms with Gasteiger partial charge in [0.2, 0.25) is 10.0 Å². The van der Waals surface area contributed by atoms with Crippen LogP contribution in [-0.2, 0) is 23.0 Å². The molecule has 1 fully saturated rings. The van der Waals surface area contributed by atoms with E-state index < -0.39 is 33.3 Å². The Hall–Kier alpha value is -2.59. The normalized spacial score (nSPS) is 20.1. The van der Waals surface area contributed by atoms with Crippen LogP contribution in [-0.4, -0.2) is 52.8 Å². The predicted octanol–water partition coefficient (Wildman–Crippen LogP) is 1.59. The van der Waals surface area contributed by atoms with Crippen LogP contribution in [0.4, 0.5) is 4.39 Å². The Kier molecular flexibility index (Phi) is 5.46. The Balaban J connectivity index is 1.67. The molecule has 0 radical (unpaired) electrons. The Morgan fingerprint density at radius 1 is 1.23 bits per heavy atom. The van der Waals surface area contributed by atoms with Crippen molar-refractivity contribution in [3.63, 3.8) is 0 Å². The number of likely N-dealkylation sites (tertiary alicyclic amines) is 1. The molecule has 0 aliphatic carbocycles. The van der Waals surface area contributed by atoms with Crippen LogP contribution >= 0.6 is 0 Å². The minimum Gasteiger partial charge on any atom is -0.328 e. The summed E-state index contributed by atoms with van der Waals surface area (Å²) < 4.78 is 39.1. The van der Waals surface area contributed by atoms with Gasteiger partial charge in [-0.15, -0.1) is 0 Å². The lowest BCUT2D eigenvalue weighted by Gasteiger charge is -2.35. The average molecular weight is 434 g/mol. The zero-order valence-electron chi connectivity index (χ0n) is 16.6. The Labute approximate surface area is 173 Å². The van der Waals surface area contributed by atoms with Gasteiger partial charge in [-0.2, -0.15) is 4.31 Å². The van der Waals surface area contributed by atoms with E-state index in [4.69, 9.17) is 0 Å². The second-order valence-electron chi connectivity index (χ2n) is 7.71. The van der Waals surface area contributed by atoms with Gasteiger partial charge in [-0.25, -0.2) is 17.8 Å². The topological polar surface area (TPSA) is 103 Å². The van der Waals surface area contributed by atoms with E-state index in [1.54, 1.807) is 11.0 Å². The zero-order chi connectivity index (χ0) is 21.5. The van der Waals surface area contributed by atoms with Gasteiger partial charge in [-0.05, 0) is 31.4 Å². The first-order valence-corrected chi connectivity index (χ1v) is 11.7. The van der Waals surface area contributed by atoms with Crippen molar-refractivity contribution in [2.45, 2.75) is 38.3 Å². The fourth-order valence-corrected chi connectivity index (χ4v) is 4.90. The highest BCUT2D eigenvalue weighted by molar-refractivity contribution is 7.88. The zero-order valence-corrected chi connectivity index (χ0v) is 17.4. The quantitative estimate of drug-likeness (QED) is 0.790. The molecule has 1 saturated heterocycles. The average Bonchev–Trinajstić information content (AvgIpc) is 2.72. The van der Waals surface area contributed by atoms with E-state index in [0.29, 0.717) is 36.5 Å². The maximum Gasteiger partial charge on any atom is 0.257 e. The summed E-state index contributed by atoms with van der Waals surface area (Å²) in [5, 5.41) is 0. The van der Waals surface area contributed by atoms with Gasteiger partial charge in [-0.1, -0.05) is 12.1 Å². The highest BCUT2D eigenvalue weighted by atomic mass is 32.2. The molecule has 0 spiro atoms. The van der Waals surface area contributed by atoms with Gasteiger partial charge in [-0.3, -0.25) is 9.59 Å². The monoisotopic (exact) mass is 434 g/mol. The number of nitrogens with zero attached hydrogens (tertiary/aromatic N) is 3. The Morgan fingerprint density at radius 2 is 2.00 bits per heavy atom. The molecular weight excluding hydrogens is 411 g/mol. The van der Waals surface area contributed by atoms with E-state index in [1.165, 1.54) is 22.5 Å². The molecule has 1 aromatic carbocycles. The molecule has 8 nitrogen and oxygen atoms in total. The van der Waals surface area contributed by atoms with E-state index in [1.807, 2.05) is 0 Å². The van der Waals surface area contributed by atoms with E-state index in [9.17, 15) is 22.4 Å². The van der Waals surface area contributed by atoms with Gasteiger partial charge in [0.25, 0.3) is 11.5 Å². The number of hydrogen-bond donors (Lipinski definition) is 1. The second kappa shape index (κ2) is 7.92. The number of aromatic nitrogens is 2. The van der Waals surface area contributed by atoms with Gasteiger partial charge in [0.15, 0.2) is 0 Å². The first-order chi connectivity index (χ1) is 14.3. The number of piperidine rings is 1. The van der Waals surface area contributed by atoms with Crippen molar-refractivity contribution < 1.29 is 17.6 Å². The molecule has 1 unspecified atom stereocenters. The van der Waals surface area contributed by atoms with Gasteiger partial charge in [0, 0.05) is 26.1 Å². The van der Waals surface area contributed by atoms with Crippen molar-refractivity contribution in [2.75, 3.05) is 19.3 Å². The maximum atomic E-state index is 14.2. The fourth-order valence-electron chi connectivity index (χ4n) is 4.11. The van der Waals surface area contributed by atoms with Crippen LogP contribution in [0.2, 0.25) is 0 Å². The molecule has 10 heteroatoms. The van der Waals surface area contributed by atoms with Crippen molar-refractivity contribution in [3.8, 4) is 0 Å². The Bertz CT molecular complexity index is 1150. The molecule has 1 aromatic heterocycles. The van der Waals surface area contributed by atoms with Crippen molar-refractivity contribution in [2.24, 2.45) is 0 Å². The summed E-state index contributed by atoms with van der Waals surface area (Å²) in [6.45, 7) is 0.685. The first kappa shape index (κ1) is 20.7. The summed E-state index contributed by atoms with van der Waals surface area (Å²) in [6, 6.07) is 5.38. The molecule has 30 heavy (non-hydrogen) atoms. The van der Waals surface area contributed by atoms with Gasteiger partial charge < -0.3 is 9.88 Å². The molecule has 4 rings (SSSR count). The molecule has 2 aromatic rings. The van der Waals surface area contributed by atoms with Crippen LogP contribution in [0.15, 0.2) is 29.1 Å². The fraction of sp³-hybridized carbons (Fsp3) is 0.450. The van der Waals surface area contributed by atoms with Gasteiger partial charge in [0.05, 0.1) is 29.1 Å². The van der Waals surface area contributed by atoms with Crippen LogP contribution < -0.4 is 5.56 Å². The van der Waals surface area contributed by atoms with E-state index in [2.05, 4.69) is 9.97 Å². The summed E-state index contributed by atoms with van der Waals surface area (Å²) in [6.07, 6.45) is 3.69. The third-order valence-electron chi connectivity index (χ3n) is 5.70. The lowest BCUT2D eigenvalue weighted by molar-refractivity contribution is 0.0594. The number of rotatable bonds is 3. The molecule has 3 heterocycles. The van der Waals surface area contributed by atoms with E-state index in [0.717, 1.165) is 19.1 Å². The predicted molar refractivity (Wildman–Crippen MR) is 108 cm³/mol. The van der Waals surface area contributed by atoms with Crippen molar-refractivity contribution in [3.05, 3.63) is 63.1 Å². The number of carbonyl (C=O) groups excluding carboxylic acids is 1. The van der Waals surface area contributed by atoms with E-state index >= 15 is 0 Å². The number of carbonyl (C=O) groups is 1. The molecular formula is C20H23FN4O4S. The van der Waals surface area contributed by atoms with Crippen LogP contribution in [0.3, 0.4) is 0 Å². The van der Waals surface area contributed by atoms with Crippen LogP contribution in [0.25, 0.3) is 0 Å². The number of H-pyrrole nitrogens is 1. The lowest BCUT2D eigenvalue weighted by Crippen LogP contribution is -2.42. The molecule has 0 bridgehead atoms. The summed E-state index contributed by atoms with van der Waals surface area (Å²) in [7, 11) is -3.41. The number of halogens is 1. The lowest BCUT2D eigenvalue weighted by atomic mass is 9.99. The number of sulfonamides is 1. The largest absolute Gasteiger partial charge is 0.328 e. The number of hydrogen-bond acceptors (Lipinski definition) is 5. The summed E-state index contributed by atoms with van der Waals surface area (Å²) in [4.78, 5) is 34.7. The number of benzene rings is 1. The SMILES string of the molecule is CS(=O)(=O)N1CCc2nc(C3CCCCN3C(=O)c3ccccc3F)[nH]c(=O)c2C1. The van der Waals surface area contributed by atoms with Crippen molar-refractivity contribution in [1.29, 1.82) is 0 Å². The number of aromatic amines is 1. The van der Waals surface area contributed by atoms with Crippen LogP contribution in [0.5, 0.6) is 0 Å². The second-order valence-corrected chi connectivity index (χ2v) is 9.70. The van der Waals surface area contributed by atoms with Crippen molar-refractivity contribution >= 4 is 15.9 Å². The minimum atomic E-state index is -3.41. The summed E-state index contributed by atoms with van der Waals surface area (Å²) >= 11 is 0. The molecule has 1 amide bonds. The molecule has 160 valence electrons. The Morgan fingerprint density at radius 3 is 2.73 bits per heavy atom. The molecule has 1 N–H and O–H groups in total. The minimum absolute atomic E-state index is 0.00602. The smallest absolute Gasteiger partial charge is 0.257 e. The highest BCUT2D eigenvalue weighted by Crippen LogP contribution is 2.31. The summed E-state index contributed by atoms with van der Waals surface area (Å²) in [5.41, 5.74) is 0.483. The maximum absolute atomic E-state index is 14.2. The van der Waals surface area contributed by atoms with Gasteiger partial charge >= 0.3 is 0 Å². The molecule has 0 saturated carbocycles. The highest BCUT2D eigenvalue weighted by Gasteiger charge is 2.33. The van der Waals surface area contributed by atoms with E-state index in [-0.39, 0.29) is 18.7 Å². The standard InChI is InChI=1S/C20H23FN4O4S/c1-30(28,29)24-11-9-16-14(12-24)19(26)23-18(22-16)17-8-4-5-10-25(17)20(27)13-6-2-3-7-15(13)21/h2-3,6-7,17H,4-5,8-12H2,1H3,(H,22,23,26). The van der Waals surface area contributed by atoms with Gasteiger partial charge in [0.1, 0.15) is 11.6 Å². The third kappa shape index (κ3) is 3.89. The van der Waals surface area contributed by atoms with Crippen molar-refractivity contribution in [1.82, 2.24) is 19.2 Å². The first-order valence-electron chi connectivity index (χ1n) is 9.88. The molecule has 2 aliphatic rings. The van der Waals surface area contributed by atoms with Crippen LogP contribution in [0, 0.1) is 5.82 Å². The third-order valence-corrected chi connectivity index (χ3v) is 6.95. The summed E-state index contributed by atoms with van der Waals surface area (Å²) in [5.74, 6) is -0.642. The number of fused-ring (bicyclic) bond motifs is 1. The van der Waals surface area contributed by atoms with Crippen LogP contribution in [0.1, 0.15) is 52.7 Å². The number of amides is 1. The number of nitrogens with one attached hydrogen (secondary N) is 1.